The van der Waals surface area contributed by atoms with Gasteiger partial charge in [0, 0.05) is 30.8 Å². The van der Waals surface area contributed by atoms with Crippen molar-refractivity contribution in [2.45, 2.75) is 31.3 Å². The highest BCUT2D eigenvalue weighted by molar-refractivity contribution is 5.82. The number of furan rings is 1. The fourth-order valence-corrected chi connectivity index (χ4v) is 3.50. The molecular formula is C17H18N2O2. The van der Waals surface area contributed by atoms with Crippen molar-refractivity contribution in [3.63, 3.8) is 0 Å². The zero-order valence-electron chi connectivity index (χ0n) is 12.0. The summed E-state index contributed by atoms with van der Waals surface area (Å²) in [6.07, 6.45) is 4.82. The molecule has 1 atom stereocenters. The van der Waals surface area contributed by atoms with Crippen LogP contribution in [-0.4, -0.2) is 14.9 Å². The number of para-hydroxylation sites is 1. The Morgan fingerprint density at radius 3 is 3.10 bits per heavy atom. The molecule has 2 aromatic heterocycles. The molecular weight excluding hydrogens is 264 g/mol. The number of fused-ring (bicyclic) bond motifs is 2. The van der Waals surface area contributed by atoms with Gasteiger partial charge in [0.05, 0.1) is 23.1 Å². The van der Waals surface area contributed by atoms with E-state index in [-0.39, 0.29) is 0 Å². The Morgan fingerprint density at radius 1 is 1.33 bits per heavy atom. The minimum absolute atomic E-state index is 0.529. The van der Waals surface area contributed by atoms with Crippen molar-refractivity contribution < 1.29 is 9.52 Å². The third-order valence-electron chi connectivity index (χ3n) is 4.54. The molecule has 0 bridgehead atoms. The van der Waals surface area contributed by atoms with Gasteiger partial charge in [-0.15, -0.1) is 0 Å². The second kappa shape index (κ2) is 4.46. The van der Waals surface area contributed by atoms with Gasteiger partial charge in [-0.1, -0.05) is 18.2 Å². The molecule has 0 saturated heterocycles. The van der Waals surface area contributed by atoms with Gasteiger partial charge in [0.1, 0.15) is 5.76 Å². The van der Waals surface area contributed by atoms with Crippen molar-refractivity contribution in [1.82, 2.24) is 9.78 Å². The molecule has 0 aliphatic heterocycles. The molecule has 4 nitrogen and oxygen atoms in total. The lowest BCUT2D eigenvalue weighted by Gasteiger charge is -2.31. The summed E-state index contributed by atoms with van der Waals surface area (Å²) in [6, 6.07) is 10.1. The molecule has 0 spiro atoms. The largest absolute Gasteiger partial charge is 0.469 e. The first kappa shape index (κ1) is 12.7. The van der Waals surface area contributed by atoms with Crippen molar-refractivity contribution in [3.05, 3.63) is 53.6 Å². The van der Waals surface area contributed by atoms with Gasteiger partial charge >= 0.3 is 0 Å². The molecule has 1 aliphatic rings. The summed E-state index contributed by atoms with van der Waals surface area (Å²) in [5.41, 5.74) is 2.12. The molecule has 0 amide bonds. The van der Waals surface area contributed by atoms with Gasteiger partial charge in [0.25, 0.3) is 0 Å². The first-order valence-electron chi connectivity index (χ1n) is 7.37. The van der Waals surface area contributed by atoms with E-state index in [0.717, 1.165) is 47.2 Å². The number of aryl methyl sites for hydroxylation is 2. The van der Waals surface area contributed by atoms with Crippen LogP contribution in [0.2, 0.25) is 0 Å². The first-order chi connectivity index (χ1) is 10.2. The van der Waals surface area contributed by atoms with Crippen molar-refractivity contribution in [3.8, 4) is 0 Å². The maximum absolute atomic E-state index is 11.1. The van der Waals surface area contributed by atoms with E-state index in [4.69, 9.17) is 4.42 Å². The standard InChI is InChI=1S/C17H18N2O2/c1-19-15-6-3-2-5-12(15)14(18-19)11-17(20)9-4-7-16-13(17)8-10-21-16/h2-3,5-6,8,10,20H,4,7,9,11H2,1H3. The molecule has 1 N–H and O–H groups in total. The van der Waals surface area contributed by atoms with E-state index in [1.165, 1.54) is 0 Å². The molecule has 0 fully saturated rings. The summed E-state index contributed by atoms with van der Waals surface area (Å²) in [6.45, 7) is 0. The molecule has 108 valence electrons. The second-order valence-electron chi connectivity index (χ2n) is 5.91. The third-order valence-corrected chi connectivity index (χ3v) is 4.54. The number of benzene rings is 1. The lowest BCUT2D eigenvalue weighted by molar-refractivity contribution is 0.0161. The second-order valence-corrected chi connectivity index (χ2v) is 5.91. The predicted octanol–water partition coefficient (Wildman–Crippen LogP) is 2.93. The van der Waals surface area contributed by atoms with Crippen molar-refractivity contribution >= 4 is 10.9 Å². The normalized spacial score (nSPS) is 21.6. The number of aromatic nitrogens is 2. The van der Waals surface area contributed by atoms with Crippen LogP contribution in [-0.2, 0) is 25.5 Å². The Hall–Kier alpha value is -2.07. The van der Waals surface area contributed by atoms with E-state index >= 15 is 0 Å². The average molecular weight is 282 g/mol. The van der Waals surface area contributed by atoms with Crippen LogP contribution in [0.1, 0.15) is 29.9 Å². The van der Waals surface area contributed by atoms with Crippen LogP contribution in [0, 0.1) is 0 Å². The van der Waals surface area contributed by atoms with Gasteiger partial charge in [-0.05, 0) is 25.0 Å². The van der Waals surface area contributed by atoms with E-state index in [9.17, 15) is 5.11 Å². The summed E-state index contributed by atoms with van der Waals surface area (Å²) in [5, 5.41) is 16.9. The predicted molar refractivity (Wildman–Crippen MR) is 80.0 cm³/mol. The molecule has 3 aromatic rings. The van der Waals surface area contributed by atoms with E-state index < -0.39 is 5.60 Å². The van der Waals surface area contributed by atoms with Crippen LogP contribution in [0.3, 0.4) is 0 Å². The van der Waals surface area contributed by atoms with Crippen molar-refractivity contribution in [1.29, 1.82) is 0 Å². The average Bonchev–Trinajstić information content (AvgIpc) is 3.07. The van der Waals surface area contributed by atoms with Crippen LogP contribution < -0.4 is 0 Å². The van der Waals surface area contributed by atoms with Crippen molar-refractivity contribution in [2.24, 2.45) is 7.05 Å². The highest BCUT2D eigenvalue weighted by Crippen LogP contribution is 2.39. The number of hydrogen-bond acceptors (Lipinski definition) is 3. The molecule has 0 saturated carbocycles. The van der Waals surface area contributed by atoms with Crippen LogP contribution in [0.5, 0.6) is 0 Å². The quantitative estimate of drug-likeness (QED) is 0.786. The Bertz CT molecular complexity index is 802. The van der Waals surface area contributed by atoms with Gasteiger partial charge in [-0.3, -0.25) is 4.68 Å². The van der Waals surface area contributed by atoms with Gasteiger partial charge in [0.2, 0.25) is 0 Å². The van der Waals surface area contributed by atoms with E-state index in [2.05, 4.69) is 17.2 Å². The maximum atomic E-state index is 11.1. The summed E-state index contributed by atoms with van der Waals surface area (Å²) in [7, 11) is 1.94. The Balaban J connectivity index is 1.79. The van der Waals surface area contributed by atoms with E-state index in [0.29, 0.717) is 6.42 Å². The van der Waals surface area contributed by atoms with Crippen LogP contribution >= 0.6 is 0 Å². The summed E-state index contributed by atoms with van der Waals surface area (Å²) >= 11 is 0. The molecule has 21 heavy (non-hydrogen) atoms. The van der Waals surface area contributed by atoms with E-state index in [1.807, 2.05) is 29.9 Å². The zero-order chi connectivity index (χ0) is 14.4. The monoisotopic (exact) mass is 282 g/mol. The van der Waals surface area contributed by atoms with Crippen molar-refractivity contribution in [2.75, 3.05) is 0 Å². The fraction of sp³-hybridized carbons (Fsp3) is 0.353. The highest BCUT2D eigenvalue weighted by Gasteiger charge is 2.37. The van der Waals surface area contributed by atoms with Crippen LogP contribution in [0.25, 0.3) is 10.9 Å². The Morgan fingerprint density at radius 2 is 2.19 bits per heavy atom. The van der Waals surface area contributed by atoms with Gasteiger partial charge < -0.3 is 9.52 Å². The lowest BCUT2D eigenvalue weighted by atomic mass is 9.79. The molecule has 1 aromatic carbocycles. The topological polar surface area (TPSA) is 51.2 Å². The minimum atomic E-state index is -0.863. The zero-order valence-corrected chi connectivity index (χ0v) is 12.0. The number of aliphatic hydroxyl groups is 1. The molecule has 1 aliphatic carbocycles. The molecule has 4 rings (SSSR count). The van der Waals surface area contributed by atoms with Gasteiger partial charge in [-0.25, -0.2) is 0 Å². The molecule has 2 heterocycles. The molecule has 1 unspecified atom stereocenters. The summed E-state index contributed by atoms with van der Waals surface area (Å²) in [4.78, 5) is 0. The number of rotatable bonds is 2. The van der Waals surface area contributed by atoms with E-state index in [1.54, 1.807) is 6.26 Å². The molecule has 0 radical (unpaired) electrons. The Kier molecular flexibility index (Phi) is 2.69. The summed E-state index contributed by atoms with van der Waals surface area (Å²) in [5.74, 6) is 0.920. The maximum Gasteiger partial charge on any atom is 0.109 e. The SMILES string of the molecule is Cn1nc(CC2(O)CCCc3occc32)c2ccccc21. The Labute approximate surface area is 123 Å². The minimum Gasteiger partial charge on any atom is -0.469 e. The fourth-order valence-electron chi connectivity index (χ4n) is 3.50. The highest BCUT2D eigenvalue weighted by atomic mass is 16.3. The summed E-state index contributed by atoms with van der Waals surface area (Å²) < 4.78 is 7.38. The first-order valence-corrected chi connectivity index (χ1v) is 7.37. The van der Waals surface area contributed by atoms with Crippen LogP contribution in [0.4, 0.5) is 0 Å². The third kappa shape index (κ3) is 1.90. The van der Waals surface area contributed by atoms with Gasteiger partial charge in [-0.2, -0.15) is 5.10 Å². The van der Waals surface area contributed by atoms with Crippen LogP contribution in [0.15, 0.2) is 41.0 Å². The van der Waals surface area contributed by atoms with Gasteiger partial charge in [0.15, 0.2) is 0 Å². The lowest BCUT2D eigenvalue weighted by Crippen LogP contribution is -2.32. The number of nitrogens with zero attached hydrogens (tertiary/aromatic N) is 2. The smallest absolute Gasteiger partial charge is 0.109 e. The number of hydrogen-bond donors (Lipinski definition) is 1. The molecule has 4 heteroatoms.